The van der Waals surface area contributed by atoms with Gasteiger partial charge >= 0.3 is 0 Å². The van der Waals surface area contributed by atoms with Crippen molar-refractivity contribution in [2.75, 3.05) is 30.8 Å². The van der Waals surface area contributed by atoms with Crippen molar-refractivity contribution >= 4 is 22.4 Å². The number of benzene rings is 1. The largest absolute Gasteiger partial charge is 0.397 e. The zero-order valence-corrected chi connectivity index (χ0v) is 11.0. The highest BCUT2D eigenvalue weighted by molar-refractivity contribution is 5.95. The molecule has 0 radical (unpaired) electrons. The number of anilines is 2. The summed E-state index contributed by atoms with van der Waals surface area (Å²) in [6.45, 7) is 1.70. The molecule has 2 N–H and O–H groups in total. The smallest absolute Gasteiger partial charge is 0.160 e. The SMILES string of the molecule is CN(CC1CCCCO1)c1ccc(N)c2nonc12. The lowest BCUT2D eigenvalue weighted by atomic mass is 10.1. The fraction of sp³-hybridized carbons (Fsp3) is 0.538. The summed E-state index contributed by atoms with van der Waals surface area (Å²) in [5, 5.41) is 7.78. The minimum atomic E-state index is 0.284. The number of aromatic nitrogens is 2. The van der Waals surface area contributed by atoms with Crippen LogP contribution < -0.4 is 10.6 Å². The predicted molar refractivity (Wildman–Crippen MR) is 73.1 cm³/mol. The molecule has 2 heterocycles. The Morgan fingerprint density at radius 3 is 2.95 bits per heavy atom. The first kappa shape index (κ1) is 12.2. The maximum Gasteiger partial charge on any atom is 0.160 e. The first-order valence-electron chi connectivity index (χ1n) is 6.59. The van der Waals surface area contributed by atoms with Gasteiger partial charge in [0.05, 0.1) is 17.5 Å². The highest BCUT2D eigenvalue weighted by Gasteiger charge is 2.19. The van der Waals surface area contributed by atoms with Crippen molar-refractivity contribution in [3.8, 4) is 0 Å². The van der Waals surface area contributed by atoms with Gasteiger partial charge in [-0.15, -0.1) is 0 Å². The fourth-order valence-corrected chi connectivity index (χ4v) is 2.54. The average molecular weight is 262 g/mol. The van der Waals surface area contributed by atoms with Crippen LogP contribution in [0.25, 0.3) is 11.0 Å². The van der Waals surface area contributed by atoms with Crippen LogP contribution in [0.5, 0.6) is 0 Å². The van der Waals surface area contributed by atoms with Gasteiger partial charge in [-0.25, -0.2) is 4.63 Å². The number of nitrogen functional groups attached to an aromatic ring is 1. The molecule has 102 valence electrons. The molecule has 1 aliphatic heterocycles. The van der Waals surface area contributed by atoms with E-state index in [1.54, 1.807) is 0 Å². The lowest BCUT2D eigenvalue weighted by molar-refractivity contribution is 0.0216. The first-order valence-corrected chi connectivity index (χ1v) is 6.59. The zero-order chi connectivity index (χ0) is 13.2. The van der Waals surface area contributed by atoms with Crippen LogP contribution in [0.3, 0.4) is 0 Å². The van der Waals surface area contributed by atoms with E-state index < -0.39 is 0 Å². The maximum atomic E-state index is 5.85. The molecule has 0 spiro atoms. The summed E-state index contributed by atoms with van der Waals surface area (Å²) in [4.78, 5) is 2.13. The van der Waals surface area contributed by atoms with Gasteiger partial charge in [0.15, 0.2) is 11.0 Å². The van der Waals surface area contributed by atoms with E-state index in [9.17, 15) is 0 Å². The monoisotopic (exact) mass is 262 g/mol. The minimum Gasteiger partial charge on any atom is -0.397 e. The Hall–Kier alpha value is -1.82. The molecule has 0 saturated carbocycles. The van der Waals surface area contributed by atoms with Gasteiger partial charge in [0, 0.05) is 20.2 Å². The molecule has 6 heteroatoms. The second-order valence-corrected chi connectivity index (χ2v) is 5.00. The molecule has 1 aromatic carbocycles. The number of ether oxygens (including phenoxy) is 1. The van der Waals surface area contributed by atoms with Crippen molar-refractivity contribution in [1.29, 1.82) is 0 Å². The Morgan fingerprint density at radius 2 is 2.16 bits per heavy atom. The number of rotatable bonds is 3. The molecule has 0 aliphatic carbocycles. The van der Waals surface area contributed by atoms with Crippen molar-refractivity contribution < 1.29 is 9.37 Å². The van der Waals surface area contributed by atoms with Crippen molar-refractivity contribution in [2.45, 2.75) is 25.4 Å². The summed E-state index contributed by atoms with van der Waals surface area (Å²) in [6.07, 6.45) is 3.80. The molecule has 2 aromatic rings. The highest BCUT2D eigenvalue weighted by atomic mass is 16.6. The Bertz CT molecular complexity index is 563. The molecule has 0 bridgehead atoms. The van der Waals surface area contributed by atoms with Crippen LogP contribution in [0.4, 0.5) is 11.4 Å². The topological polar surface area (TPSA) is 77.4 Å². The lowest BCUT2D eigenvalue weighted by Gasteiger charge is -2.28. The Kier molecular flexibility index (Phi) is 3.25. The molecular formula is C13H18N4O2. The normalized spacial score (nSPS) is 19.7. The fourth-order valence-electron chi connectivity index (χ4n) is 2.54. The van der Waals surface area contributed by atoms with Crippen LogP contribution in [-0.2, 0) is 4.74 Å². The van der Waals surface area contributed by atoms with Crippen LogP contribution in [0, 0.1) is 0 Å². The molecule has 1 unspecified atom stereocenters. The predicted octanol–water partition coefficient (Wildman–Crippen LogP) is 1.81. The second kappa shape index (κ2) is 5.05. The molecule has 1 fully saturated rings. The van der Waals surface area contributed by atoms with E-state index in [0.717, 1.165) is 25.3 Å². The number of hydrogen-bond acceptors (Lipinski definition) is 6. The third-order valence-corrected chi connectivity index (χ3v) is 3.59. The van der Waals surface area contributed by atoms with E-state index in [0.29, 0.717) is 16.7 Å². The van der Waals surface area contributed by atoms with Crippen LogP contribution in [0.1, 0.15) is 19.3 Å². The van der Waals surface area contributed by atoms with Gasteiger partial charge in [0.25, 0.3) is 0 Å². The molecule has 3 rings (SSSR count). The van der Waals surface area contributed by atoms with Gasteiger partial charge in [0.1, 0.15) is 0 Å². The summed E-state index contributed by atoms with van der Waals surface area (Å²) in [5.74, 6) is 0. The molecule has 1 saturated heterocycles. The molecule has 6 nitrogen and oxygen atoms in total. The Balaban J connectivity index is 1.82. The standard InChI is InChI=1S/C13H18N4O2/c1-17(8-9-4-2-3-7-18-9)11-6-5-10(14)12-13(11)16-19-15-12/h5-6,9H,2-4,7-8,14H2,1H3. The number of hydrogen-bond donors (Lipinski definition) is 1. The van der Waals surface area contributed by atoms with Crippen molar-refractivity contribution in [3.05, 3.63) is 12.1 Å². The average Bonchev–Trinajstić information content (AvgIpc) is 2.90. The van der Waals surface area contributed by atoms with E-state index in [-0.39, 0.29) is 6.10 Å². The summed E-state index contributed by atoms with van der Waals surface area (Å²) in [5.41, 5.74) is 8.73. The summed E-state index contributed by atoms with van der Waals surface area (Å²) in [7, 11) is 2.03. The summed E-state index contributed by atoms with van der Waals surface area (Å²) < 4.78 is 10.6. The van der Waals surface area contributed by atoms with E-state index in [4.69, 9.17) is 15.1 Å². The maximum absolute atomic E-state index is 5.85. The van der Waals surface area contributed by atoms with E-state index in [1.165, 1.54) is 12.8 Å². The third-order valence-electron chi connectivity index (χ3n) is 3.59. The van der Waals surface area contributed by atoms with Crippen molar-refractivity contribution in [3.63, 3.8) is 0 Å². The quantitative estimate of drug-likeness (QED) is 0.850. The first-order chi connectivity index (χ1) is 9.25. The van der Waals surface area contributed by atoms with E-state index in [1.807, 2.05) is 19.2 Å². The second-order valence-electron chi connectivity index (χ2n) is 5.00. The number of nitrogens with two attached hydrogens (primary N) is 1. The number of fused-ring (bicyclic) bond motifs is 1. The molecule has 19 heavy (non-hydrogen) atoms. The third kappa shape index (κ3) is 2.35. The molecule has 1 atom stereocenters. The van der Waals surface area contributed by atoms with Crippen LogP contribution >= 0.6 is 0 Å². The minimum absolute atomic E-state index is 0.284. The summed E-state index contributed by atoms with van der Waals surface area (Å²) in [6, 6.07) is 3.78. The van der Waals surface area contributed by atoms with E-state index in [2.05, 4.69) is 15.2 Å². The van der Waals surface area contributed by atoms with Gasteiger partial charge in [0.2, 0.25) is 0 Å². The Morgan fingerprint density at radius 1 is 1.32 bits per heavy atom. The molecule has 0 amide bonds. The highest BCUT2D eigenvalue weighted by Crippen LogP contribution is 2.28. The van der Waals surface area contributed by atoms with Gasteiger partial charge in [-0.2, -0.15) is 0 Å². The number of likely N-dealkylation sites (N-methyl/N-ethyl adjacent to an activating group) is 1. The van der Waals surface area contributed by atoms with Crippen molar-refractivity contribution in [2.24, 2.45) is 0 Å². The number of nitrogens with zero attached hydrogens (tertiary/aromatic N) is 3. The van der Waals surface area contributed by atoms with Gasteiger partial charge < -0.3 is 15.4 Å². The van der Waals surface area contributed by atoms with Crippen LogP contribution in [0.2, 0.25) is 0 Å². The lowest BCUT2D eigenvalue weighted by Crippen LogP contribution is -2.33. The molecule has 1 aliphatic rings. The Labute approximate surface area is 111 Å². The summed E-state index contributed by atoms with van der Waals surface area (Å²) >= 11 is 0. The van der Waals surface area contributed by atoms with Crippen LogP contribution in [0.15, 0.2) is 16.8 Å². The van der Waals surface area contributed by atoms with Crippen molar-refractivity contribution in [1.82, 2.24) is 10.3 Å². The van der Waals surface area contributed by atoms with E-state index >= 15 is 0 Å². The zero-order valence-electron chi connectivity index (χ0n) is 11.0. The van der Waals surface area contributed by atoms with Gasteiger partial charge in [-0.3, -0.25) is 0 Å². The van der Waals surface area contributed by atoms with Gasteiger partial charge in [-0.05, 0) is 41.7 Å². The van der Waals surface area contributed by atoms with Crippen LogP contribution in [-0.4, -0.2) is 36.6 Å². The molecule has 1 aromatic heterocycles. The van der Waals surface area contributed by atoms with Gasteiger partial charge in [-0.1, -0.05) is 0 Å². The molecular weight excluding hydrogens is 244 g/mol.